The van der Waals surface area contributed by atoms with Gasteiger partial charge in [-0.3, -0.25) is 0 Å². The van der Waals surface area contributed by atoms with Gasteiger partial charge in [-0.25, -0.2) is 0 Å². The minimum absolute atomic E-state index is 0.621. The molecule has 2 rings (SSSR count). The molecule has 0 saturated carbocycles. The SMILES string of the molecule is CC(C)CC1CN(c2ccccc2Br)CCN1. The molecule has 17 heavy (non-hydrogen) atoms. The molecule has 1 aromatic carbocycles. The normalized spacial score (nSPS) is 20.9. The third kappa shape index (κ3) is 3.46. The maximum absolute atomic E-state index is 3.64. The van der Waals surface area contributed by atoms with Crippen LogP contribution in [0.3, 0.4) is 0 Å². The minimum atomic E-state index is 0.621. The zero-order valence-corrected chi connectivity index (χ0v) is 12.2. The van der Waals surface area contributed by atoms with E-state index in [0.717, 1.165) is 25.6 Å². The molecule has 3 heteroatoms. The standard InChI is InChI=1S/C14H21BrN2/c1-11(2)9-12-10-17(8-7-16-12)14-6-4-3-5-13(14)15/h3-6,11-12,16H,7-10H2,1-2H3. The van der Waals surface area contributed by atoms with Crippen LogP contribution in [0.1, 0.15) is 20.3 Å². The Balaban J connectivity index is 2.04. The lowest BCUT2D eigenvalue weighted by Crippen LogP contribution is -2.51. The summed E-state index contributed by atoms with van der Waals surface area (Å²) in [5, 5.41) is 3.61. The predicted molar refractivity (Wildman–Crippen MR) is 77.6 cm³/mol. The highest BCUT2D eigenvalue weighted by Crippen LogP contribution is 2.27. The highest BCUT2D eigenvalue weighted by Gasteiger charge is 2.21. The fourth-order valence-corrected chi connectivity index (χ4v) is 3.01. The first-order valence-corrected chi connectivity index (χ1v) is 7.19. The molecule has 1 unspecified atom stereocenters. The van der Waals surface area contributed by atoms with Crippen LogP contribution < -0.4 is 10.2 Å². The van der Waals surface area contributed by atoms with Crippen molar-refractivity contribution in [2.24, 2.45) is 5.92 Å². The number of rotatable bonds is 3. The lowest BCUT2D eigenvalue weighted by molar-refractivity contribution is 0.388. The summed E-state index contributed by atoms with van der Waals surface area (Å²) in [5.74, 6) is 0.756. The van der Waals surface area contributed by atoms with Gasteiger partial charge in [0.15, 0.2) is 0 Å². The van der Waals surface area contributed by atoms with Crippen molar-refractivity contribution in [3.63, 3.8) is 0 Å². The molecule has 0 aliphatic carbocycles. The van der Waals surface area contributed by atoms with Gasteiger partial charge in [-0.2, -0.15) is 0 Å². The lowest BCUT2D eigenvalue weighted by atomic mass is 10.0. The van der Waals surface area contributed by atoms with E-state index in [-0.39, 0.29) is 0 Å². The second kappa shape index (κ2) is 5.87. The van der Waals surface area contributed by atoms with E-state index in [4.69, 9.17) is 0 Å². The molecule has 1 atom stereocenters. The molecule has 0 aromatic heterocycles. The molecular formula is C14H21BrN2. The first kappa shape index (κ1) is 12.9. The van der Waals surface area contributed by atoms with Gasteiger partial charge in [-0.15, -0.1) is 0 Å². The Morgan fingerprint density at radius 1 is 1.41 bits per heavy atom. The van der Waals surface area contributed by atoms with E-state index in [1.165, 1.54) is 16.6 Å². The molecule has 0 bridgehead atoms. The average molecular weight is 297 g/mol. The molecule has 1 N–H and O–H groups in total. The van der Waals surface area contributed by atoms with Crippen LogP contribution in [0.2, 0.25) is 0 Å². The fourth-order valence-electron chi connectivity index (χ4n) is 2.48. The van der Waals surface area contributed by atoms with Gasteiger partial charge in [-0.1, -0.05) is 26.0 Å². The van der Waals surface area contributed by atoms with Crippen LogP contribution in [-0.4, -0.2) is 25.7 Å². The van der Waals surface area contributed by atoms with Crippen molar-refractivity contribution in [3.8, 4) is 0 Å². The fraction of sp³-hybridized carbons (Fsp3) is 0.571. The number of hydrogen-bond donors (Lipinski definition) is 1. The van der Waals surface area contributed by atoms with Crippen LogP contribution >= 0.6 is 15.9 Å². The van der Waals surface area contributed by atoms with E-state index in [1.54, 1.807) is 0 Å². The molecule has 0 spiro atoms. The summed E-state index contributed by atoms with van der Waals surface area (Å²) < 4.78 is 1.20. The Hall–Kier alpha value is -0.540. The quantitative estimate of drug-likeness (QED) is 0.921. The van der Waals surface area contributed by atoms with Gasteiger partial charge in [0.2, 0.25) is 0 Å². The summed E-state index contributed by atoms with van der Waals surface area (Å²) in [6.45, 7) is 7.87. The van der Waals surface area contributed by atoms with Gasteiger partial charge >= 0.3 is 0 Å². The predicted octanol–water partition coefficient (Wildman–Crippen LogP) is 3.27. The highest BCUT2D eigenvalue weighted by molar-refractivity contribution is 9.10. The Bertz CT molecular complexity index is 365. The van der Waals surface area contributed by atoms with Gasteiger partial charge in [0.1, 0.15) is 0 Å². The summed E-state index contributed by atoms with van der Waals surface area (Å²) in [5.41, 5.74) is 1.32. The molecule has 1 aromatic rings. The summed E-state index contributed by atoms with van der Waals surface area (Å²) in [4.78, 5) is 2.48. The molecule has 0 amide bonds. The number of nitrogens with one attached hydrogen (secondary N) is 1. The Morgan fingerprint density at radius 2 is 2.18 bits per heavy atom. The van der Waals surface area contributed by atoms with Gasteiger partial charge in [0, 0.05) is 30.1 Å². The number of hydrogen-bond acceptors (Lipinski definition) is 2. The lowest BCUT2D eigenvalue weighted by Gasteiger charge is -2.36. The highest BCUT2D eigenvalue weighted by atomic mass is 79.9. The summed E-state index contributed by atoms with van der Waals surface area (Å²) in [6.07, 6.45) is 1.25. The third-order valence-electron chi connectivity index (χ3n) is 3.20. The summed E-state index contributed by atoms with van der Waals surface area (Å²) >= 11 is 3.64. The molecule has 1 saturated heterocycles. The number of benzene rings is 1. The van der Waals surface area contributed by atoms with Crippen LogP contribution in [-0.2, 0) is 0 Å². The first-order chi connectivity index (χ1) is 8.16. The molecule has 1 heterocycles. The van der Waals surface area contributed by atoms with E-state index in [0.29, 0.717) is 6.04 Å². The second-order valence-corrected chi connectivity index (χ2v) is 6.03. The van der Waals surface area contributed by atoms with E-state index >= 15 is 0 Å². The summed E-state index contributed by atoms with van der Waals surface area (Å²) in [7, 11) is 0. The van der Waals surface area contributed by atoms with Crippen molar-refractivity contribution >= 4 is 21.6 Å². The van der Waals surface area contributed by atoms with Gasteiger partial charge in [0.05, 0.1) is 5.69 Å². The minimum Gasteiger partial charge on any atom is -0.368 e. The monoisotopic (exact) mass is 296 g/mol. The van der Waals surface area contributed by atoms with Crippen molar-refractivity contribution in [1.29, 1.82) is 0 Å². The first-order valence-electron chi connectivity index (χ1n) is 6.39. The Labute approximate surface area is 113 Å². The van der Waals surface area contributed by atoms with E-state index in [1.807, 2.05) is 0 Å². The number of halogens is 1. The smallest absolute Gasteiger partial charge is 0.0511 e. The molecule has 94 valence electrons. The maximum atomic E-state index is 3.64. The van der Waals surface area contributed by atoms with Crippen molar-refractivity contribution < 1.29 is 0 Å². The Morgan fingerprint density at radius 3 is 2.88 bits per heavy atom. The molecule has 0 radical (unpaired) electrons. The van der Waals surface area contributed by atoms with Crippen LogP contribution in [0.25, 0.3) is 0 Å². The maximum Gasteiger partial charge on any atom is 0.0511 e. The van der Waals surface area contributed by atoms with Gasteiger partial charge < -0.3 is 10.2 Å². The van der Waals surface area contributed by atoms with Crippen molar-refractivity contribution in [3.05, 3.63) is 28.7 Å². The van der Waals surface area contributed by atoms with Crippen LogP contribution in [0.5, 0.6) is 0 Å². The molecular weight excluding hydrogens is 276 g/mol. The zero-order chi connectivity index (χ0) is 12.3. The van der Waals surface area contributed by atoms with Crippen LogP contribution in [0, 0.1) is 5.92 Å². The third-order valence-corrected chi connectivity index (χ3v) is 3.88. The number of para-hydroxylation sites is 1. The zero-order valence-electron chi connectivity index (χ0n) is 10.6. The topological polar surface area (TPSA) is 15.3 Å². The van der Waals surface area contributed by atoms with Gasteiger partial charge in [-0.05, 0) is 40.4 Å². The van der Waals surface area contributed by atoms with Crippen molar-refractivity contribution in [1.82, 2.24) is 5.32 Å². The molecule has 1 aliphatic rings. The largest absolute Gasteiger partial charge is 0.368 e. The van der Waals surface area contributed by atoms with Gasteiger partial charge in [0.25, 0.3) is 0 Å². The van der Waals surface area contributed by atoms with Crippen molar-refractivity contribution in [2.75, 3.05) is 24.5 Å². The summed E-state index contributed by atoms with van der Waals surface area (Å²) in [6, 6.07) is 9.12. The molecule has 1 fully saturated rings. The molecule has 2 nitrogen and oxygen atoms in total. The number of anilines is 1. The van der Waals surface area contributed by atoms with Crippen LogP contribution in [0.4, 0.5) is 5.69 Å². The van der Waals surface area contributed by atoms with E-state index < -0.39 is 0 Å². The van der Waals surface area contributed by atoms with E-state index in [9.17, 15) is 0 Å². The van der Waals surface area contributed by atoms with E-state index in [2.05, 4.69) is 64.3 Å². The van der Waals surface area contributed by atoms with Crippen LogP contribution in [0.15, 0.2) is 28.7 Å². The number of nitrogens with zero attached hydrogens (tertiary/aromatic N) is 1. The second-order valence-electron chi connectivity index (χ2n) is 5.18. The van der Waals surface area contributed by atoms with Crippen molar-refractivity contribution in [2.45, 2.75) is 26.3 Å². The number of piperazine rings is 1. The Kier molecular flexibility index (Phi) is 4.46. The average Bonchev–Trinajstić information content (AvgIpc) is 2.29. The molecule has 1 aliphatic heterocycles.